The van der Waals surface area contributed by atoms with Gasteiger partial charge in [0.25, 0.3) is 0 Å². The van der Waals surface area contributed by atoms with Crippen molar-refractivity contribution < 1.29 is 29.9 Å². The Balaban J connectivity index is 1.26. The first-order valence-electron chi connectivity index (χ1n) is 16.8. The van der Waals surface area contributed by atoms with Crippen molar-refractivity contribution in [3.8, 4) is 0 Å². The monoisotopic (exact) mass is 574 g/mol. The molecule has 41 heavy (non-hydrogen) atoms. The number of rotatable bonds is 8. The first-order valence-corrected chi connectivity index (χ1v) is 16.8. The summed E-state index contributed by atoms with van der Waals surface area (Å²) in [6, 6.07) is 0. The summed E-state index contributed by atoms with van der Waals surface area (Å²) in [5.41, 5.74) is 2.11. The van der Waals surface area contributed by atoms with Gasteiger partial charge >= 0.3 is 0 Å². The maximum absolute atomic E-state index is 10.5. The first kappa shape index (κ1) is 31.7. The van der Waals surface area contributed by atoms with E-state index >= 15 is 0 Å². The fraction of sp³-hybridized carbons (Fsp3) is 0.886. The van der Waals surface area contributed by atoms with E-state index in [9.17, 15) is 20.4 Å². The van der Waals surface area contributed by atoms with Crippen LogP contribution < -0.4 is 0 Å². The summed E-state index contributed by atoms with van der Waals surface area (Å²) < 4.78 is 11.9. The van der Waals surface area contributed by atoms with E-state index in [2.05, 4.69) is 59.8 Å². The van der Waals surface area contributed by atoms with Gasteiger partial charge in [-0.3, -0.25) is 0 Å². The van der Waals surface area contributed by atoms with Crippen LogP contribution in [0.4, 0.5) is 0 Å². The second kappa shape index (κ2) is 12.3. The van der Waals surface area contributed by atoms with Crippen molar-refractivity contribution in [3.05, 3.63) is 23.8 Å². The molecule has 234 valence electrons. The van der Waals surface area contributed by atoms with Crippen molar-refractivity contribution in [3.63, 3.8) is 0 Å². The molecule has 6 heteroatoms. The van der Waals surface area contributed by atoms with E-state index in [0.29, 0.717) is 29.1 Å². The Morgan fingerprint density at radius 2 is 1.73 bits per heavy atom. The zero-order valence-electron chi connectivity index (χ0n) is 26.4. The lowest BCUT2D eigenvalue weighted by Gasteiger charge is -2.58. The Kier molecular flexibility index (Phi) is 9.51. The average Bonchev–Trinajstić information content (AvgIpc) is 3.30. The van der Waals surface area contributed by atoms with Crippen LogP contribution in [0, 0.1) is 52.3 Å². The SMILES string of the molecule is CC[C@H](C=C[C@@H](C)[C@H]1CC[C@H]2[C@@H]3CC=C4CC(O[C@@H]5O[C@H](CO)[C@H](O)[C@H](O)[C@H]5O)CC[C@]4(C)[C@H]3CC[C@]12C)C(C)C. The minimum Gasteiger partial charge on any atom is -0.394 e. The number of allylic oxidation sites excluding steroid dienone is 3. The molecule has 0 bridgehead atoms. The Morgan fingerprint density at radius 1 is 0.976 bits per heavy atom. The molecule has 1 heterocycles. The molecule has 4 fully saturated rings. The zero-order chi connectivity index (χ0) is 29.7. The van der Waals surface area contributed by atoms with E-state index in [1.807, 2.05) is 0 Å². The average molecular weight is 575 g/mol. The van der Waals surface area contributed by atoms with Gasteiger partial charge in [-0.25, -0.2) is 0 Å². The van der Waals surface area contributed by atoms with E-state index in [1.54, 1.807) is 0 Å². The molecule has 0 amide bonds. The van der Waals surface area contributed by atoms with Crippen LogP contribution >= 0.6 is 0 Å². The van der Waals surface area contributed by atoms with Gasteiger partial charge in [0, 0.05) is 0 Å². The van der Waals surface area contributed by atoms with E-state index < -0.39 is 37.3 Å². The number of fused-ring (bicyclic) bond motifs is 5. The van der Waals surface area contributed by atoms with Crippen LogP contribution in [0.3, 0.4) is 0 Å². The van der Waals surface area contributed by atoms with E-state index in [0.717, 1.165) is 43.4 Å². The molecule has 1 unspecified atom stereocenters. The van der Waals surface area contributed by atoms with Crippen molar-refractivity contribution in [2.45, 2.75) is 136 Å². The zero-order valence-corrected chi connectivity index (χ0v) is 26.4. The summed E-state index contributed by atoms with van der Waals surface area (Å²) in [5.74, 6) is 5.05. The summed E-state index contributed by atoms with van der Waals surface area (Å²) >= 11 is 0. The molecule has 4 aliphatic carbocycles. The van der Waals surface area contributed by atoms with Crippen molar-refractivity contribution in [1.29, 1.82) is 0 Å². The van der Waals surface area contributed by atoms with Crippen LogP contribution in [0.5, 0.6) is 0 Å². The van der Waals surface area contributed by atoms with E-state index in [4.69, 9.17) is 9.47 Å². The van der Waals surface area contributed by atoms with Crippen molar-refractivity contribution >= 4 is 0 Å². The lowest BCUT2D eigenvalue weighted by molar-refractivity contribution is -0.313. The predicted molar refractivity (Wildman–Crippen MR) is 161 cm³/mol. The Morgan fingerprint density at radius 3 is 2.41 bits per heavy atom. The molecular formula is C35H58O6. The van der Waals surface area contributed by atoms with Crippen molar-refractivity contribution in [2.24, 2.45) is 52.3 Å². The van der Waals surface area contributed by atoms with Crippen LogP contribution in [0.25, 0.3) is 0 Å². The van der Waals surface area contributed by atoms with Gasteiger partial charge in [-0.15, -0.1) is 0 Å². The summed E-state index contributed by atoms with van der Waals surface area (Å²) in [5, 5.41) is 40.4. The third-order valence-electron chi connectivity index (χ3n) is 12.9. The van der Waals surface area contributed by atoms with Crippen LogP contribution in [-0.4, -0.2) is 63.8 Å². The van der Waals surface area contributed by atoms with E-state index in [1.165, 1.54) is 37.7 Å². The molecule has 1 saturated heterocycles. The minimum absolute atomic E-state index is 0.109. The molecule has 14 atom stereocenters. The molecule has 5 rings (SSSR count). The fourth-order valence-electron chi connectivity index (χ4n) is 10.3. The van der Waals surface area contributed by atoms with Crippen LogP contribution in [-0.2, 0) is 9.47 Å². The highest BCUT2D eigenvalue weighted by molar-refractivity contribution is 5.25. The van der Waals surface area contributed by atoms with Gasteiger partial charge in [-0.05, 0) is 110 Å². The highest BCUT2D eigenvalue weighted by atomic mass is 16.7. The highest BCUT2D eigenvalue weighted by Gasteiger charge is 2.59. The quantitative estimate of drug-likeness (QED) is 0.281. The van der Waals surface area contributed by atoms with Crippen molar-refractivity contribution in [1.82, 2.24) is 0 Å². The molecule has 0 aromatic rings. The summed E-state index contributed by atoms with van der Waals surface area (Å²) in [4.78, 5) is 0. The molecule has 1 aliphatic heterocycles. The van der Waals surface area contributed by atoms with Crippen molar-refractivity contribution in [2.75, 3.05) is 6.61 Å². The molecule has 4 N–H and O–H groups in total. The maximum Gasteiger partial charge on any atom is 0.186 e. The Bertz CT molecular complexity index is 960. The normalized spacial score (nSPS) is 47.9. The molecule has 0 radical (unpaired) electrons. The second-order valence-corrected chi connectivity index (χ2v) is 15.2. The molecule has 0 spiro atoms. The van der Waals surface area contributed by atoms with Gasteiger partial charge in [-0.1, -0.05) is 65.3 Å². The fourth-order valence-corrected chi connectivity index (χ4v) is 10.3. The molecular weight excluding hydrogens is 516 g/mol. The largest absolute Gasteiger partial charge is 0.394 e. The van der Waals surface area contributed by atoms with Crippen LogP contribution in [0.15, 0.2) is 23.8 Å². The van der Waals surface area contributed by atoms with Gasteiger partial charge in [0.2, 0.25) is 0 Å². The van der Waals surface area contributed by atoms with Gasteiger partial charge < -0.3 is 29.9 Å². The van der Waals surface area contributed by atoms with Crippen LogP contribution in [0.1, 0.15) is 99.3 Å². The van der Waals surface area contributed by atoms with Gasteiger partial charge in [0.1, 0.15) is 24.4 Å². The maximum atomic E-state index is 10.5. The van der Waals surface area contributed by atoms with Gasteiger partial charge in [-0.2, -0.15) is 0 Å². The summed E-state index contributed by atoms with van der Waals surface area (Å²) in [6.45, 7) is 14.2. The third kappa shape index (κ3) is 5.64. The number of ether oxygens (including phenoxy) is 2. The molecule has 0 aromatic heterocycles. The topological polar surface area (TPSA) is 99.4 Å². The lowest BCUT2D eigenvalue weighted by Crippen LogP contribution is -2.60. The smallest absolute Gasteiger partial charge is 0.186 e. The minimum atomic E-state index is -1.40. The summed E-state index contributed by atoms with van der Waals surface area (Å²) in [7, 11) is 0. The Hall–Kier alpha value is -0.760. The predicted octanol–water partition coefficient (Wildman–Crippen LogP) is 5.63. The molecule has 0 aromatic carbocycles. The molecule has 5 aliphatic rings. The lowest BCUT2D eigenvalue weighted by atomic mass is 9.47. The highest BCUT2D eigenvalue weighted by Crippen LogP contribution is 2.67. The van der Waals surface area contributed by atoms with E-state index in [-0.39, 0.29) is 11.5 Å². The molecule has 3 saturated carbocycles. The van der Waals surface area contributed by atoms with Gasteiger partial charge in [0.15, 0.2) is 6.29 Å². The second-order valence-electron chi connectivity index (χ2n) is 15.2. The number of aliphatic hydroxyl groups excluding tert-OH is 4. The van der Waals surface area contributed by atoms with Gasteiger partial charge in [0.05, 0.1) is 12.7 Å². The standard InChI is InChI=1S/C35H58O6/c1-7-22(20(2)3)9-8-21(4)26-12-13-27-25-11-10-23-18-24(14-16-34(23,5)28(25)15-17-35(26,27)6)40-33-32(39)31(38)30(37)29(19-36)41-33/h8-10,20-22,24-33,36-39H,7,11-19H2,1-6H3/t21-,22-,24?,25+,26-,27+,28+,29-,30+,31+,32-,33-,34+,35-/m1/s1. The number of aliphatic hydroxyl groups is 4. The first-order chi connectivity index (χ1) is 19.4. The Labute approximate surface area is 248 Å². The summed E-state index contributed by atoms with van der Waals surface area (Å²) in [6.07, 6.45) is 11.9. The van der Waals surface area contributed by atoms with Crippen LogP contribution in [0.2, 0.25) is 0 Å². The third-order valence-corrected chi connectivity index (χ3v) is 12.9. The number of hydrogen-bond acceptors (Lipinski definition) is 6. The number of hydrogen-bond donors (Lipinski definition) is 4. The molecule has 6 nitrogen and oxygen atoms in total.